The van der Waals surface area contributed by atoms with Crippen LogP contribution in [0.25, 0.3) is 0 Å². The fourth-order valence-corrected chi connectivity index (χ4v) is 1.97. The first-order chi connectivity index (χ1) is 8.97. The maximum absolute atomic E-state index is 12.0. The molecule has 0 aliphatic rings. The topological polar surface area (TPSA) is 66.4 Å². The maximum atomic E-state index is 12.0. The minimum atomic E-state index is -0.858. The highest BCUT2D eigenvalue weighted by Gasteiger charge is 2.18. The average Bonchev–Trinajstić information content (AvgIpc) is 2.37. The van der Waals surface area contributed by atoms with Gasteiger partial charge in [-0.1, -0.05) is 25.5 Å². The molecule has 0 aliphatic carbocycles. The third-order valence-electron chi connectivity index (χ3n) is 3.34. The Kier molecular flexibility index (Phi) is 5.55. The van der Waals surface area contributed by atoms with Gasteiger partial charge in [0.05, 0.1) is 5.92 Å². The summed E-state index contributed by atoms with van der Waals surface area (Å²) in [5.41, 5.74) is 2.60. The Labute approximate surface area is 113 Å². The van der Waals surface area contributed by atoms with E-state index in [1.807, 2.05) is 32.9 Å². The number of carboxylic acids is 1. The van der Waals surface area contributed by atoms with E-state index in [1.54, 1.807) is 6.07 Å². The van der Waals surface area contributed by atoms with Crippen LogP contribution in [0.2, 0.25) is 0 Å². The molecule has 0 saturated carbocycles. The van der Waals surface area contributed by atoms with Gasteiger partial charge in [-0.05, 0) is 37.5 Å². The van der Waals surface area contributed by atoms with Crippen LogP contribution < -0.4 is 5.32 Å². The summed E-state index contributed by atoms with van der Waals surface area (Å²) in [4.78, 5) is 23.1. The highest BCUT2D eigenvalue weighted by atomic mass is 16.4. The Morgan fingerprint density at radius 2 is 2.00 bits per heavy atom. The molecule has 0 spiro atoms. The van der Waals surface area contributed by atoms with Crippen molar-refractivity contribution in [1.29, 1.82) is 0 Å². The van der Waals surface area contributed by atoms with Crippen molar-refractivity contribution in [1.82, 2.24) is 5.32 Å². The molecule has 0 bridgehead atoms. The van der Waals surface area contributed by atoms with E-state index in [0.29, 0.717) is 12.0 Å². The number of hydrogen-bond acceptors (Lipinski definition) is 2. The molecule has 4 nitrogen and oxygen atoms in total. The Bertz CT molecular complexity index is 468. The largest absolute Gasteiger partial charge is 0.481 e. The first-order valence-corrected chi connectivity index (χ1v) is 6.54. The number of carbonyl (C=O) groups is 2. The lowest BCUT2D eigenvalue weighted by molar-refractivity contribution is -0.141. The van der Waals surface area contributed by atoms with Gasteiger partial charge in [0.2, 0.25) is 0 Å². The van der Waals surface area contributed by atoms with E-state index in [2.05, 4.69) is 5.32 Å². The summed E-state index contributed by atoms with van der Waals surface area (Å²) in [6.45, 7) is 5.95. The van der Waals surface area contributed by atoms with Crippen LogP contribution in [0.4, 0.5) is 0 Å². The molecule has 1 aromatic carbocycles. The van der Waals surface area contributed by atoms with Gasteiger partial charge in [0.15, 0.2) is 0 Å². The van der Waals surface area contributed by atoms with Gasteiger partial charge in [-0.25, -0.2) is 0 Å². The van der Waals surface area contributed by atoms with Crippen LogP contribution in [-0.2, 0) is 4.79 Å². The van der Waals surface area contributed by atoms with Crippen molar-refractivity contribution in [2.75, 3.05) is 6.54 Å². The zero-order chi connectivity index (χ0) is 14.4. The predicted octanol–water partition coefficient (Wildman–Crippen LogP) is 2.53. The molecule has 2 N–H and O–H groups in total. The minimum absolute atomic E-state index is 0.176. The molecule has 19 heavy (non-hydrogen) atoms. The first-order valence-electron chi connectivity index (χ1n) is 6.54. The molecule has 1 atom stereocenters. The highest BCUT2D eigenvalue weighted by molar-refractivity contribution is 5.96. The van der Waals surface area contributed by atoms with Crippen LogP contribution in [-0.4, -0.2) is 23.5 Å². The molecule has 1 unspecified atom stereocenters. The van der Waals surface area contributed by atoms with E-state index >= 15 is 0 Å². The van der Waals surface area contributed by atoms with Crippen LogP contribution in [0.5, 0.6) is 0 Å². The van der Waals surface area contributed by atoms with Gasteiger partial charge in [-0.3, -0.25) is 9.59 Å². The van der Waals surface area contributed by atoms with E-state index in [1.165, 1.54) is 0 Å². The lowest BCUT2D eigenvalue weighted by atomic mass is 10.0. The van der Waals surface area contributed by atoms with E-state index in [0.717, 1.165) is 17.5 Å². The lowest BCUT2D eigenvalue weighted by Crippen LogP contribution is -2.33. The fourth-order valence-electron chi connectivity index (χ4n) is 1.97. The Balaban J connectivity index is 2.69. The highest BCUT2D eigenvalue weighted by Crippen LogP contribution is 2.13. The Hall–Kier alpha value is -1.84. The number of nitrogens with one attached hydrogen (secondary N) is 1. The van der Waals surface area contributed by atoms with Crippen molar-refractivity contribution in [2.45, 2.75) is 33.6 Å². The molecule has 0 aliphatic heterocycles. The van der Waals surface area contributed by atoms with Crippen molar-refractivity contribution in [2.24, 2.45) is 5.92 Å². The van der Waals surface area contributed by atoms with E-state index < -0.39 is 11.9 Å². The normalized spacial score (nSPS) is 11.9. The number of carboxylic acid groups (broad SMARTS) is 1. The number of aliphatic carboxylic acids is 1. The number of rotatable bonds is 6. The Morgan fingerprint density at radius 1 is 1.32 bits per heavy atom. The second-order valence-corrected chi connectivity index (χ2v) is 4.78. The zero-order valence-corrected chi connectivity index (χ0v) is 11.7. The minimum Gasteiger partial charge on any atom is -0.481 e. The van der Waals surface area contributed by atoms with Crippen molar-refractivity contribution in [3.8, 4) is 0 Å². The first kappa shape index (κ1) is 15.2. The number of benzene rings is 1. The molecule has 0 heterocycles. The molecule has 104 valence electrons. The van der Waals surface area contributed by atoms with Gasteiger partial charge in [-0.15, -0.1) is 0 Å². The fraction of sp³-hybridized carbons (Fsp3) is 0.467. The van der Waals surface area contributed by atoms with Gasteiger partial charge in [0.25, 0.3) is 5.91 Å². The van der Waals surface area contributed by atoms with E-state index in [-0.39, 0.29) is 12.5 Å². The molecule has 0 radical (unpaired) electrons. The molecule has 4 heteroatoms. The summed E-state index contributed by atoms with van der Waals surface area (Å²) in [5, 5.41) is 11.7. The maximum Gasteiger partial charge on any atom is 0.308 e. The molecule has 1 aromatic rings. The van der Waals surface area contributed by atoms with Crippen molar-refractivity contribution >= 4 is 11.9 Å². The predicted molar refractivity (Wildman–Crippen MR) is 74.3 cm³/mol. The number of amides is 1. The summed E-state index contributed by atoms with van der Waals surface area (Å²) < 4.78 is 0. The van der Waals surface area contributed by atoms with Gasteiger partial charge in [0.1, 0.15) is 0 Å². The van der Waals surface area contributed by atoms with Crippen LogP contribution in [0.15, 0.2) is 18.2 Å². The molecule has 0 fully saturated rings. The van der Waals surface area contributed by atoms with Crippen molar-refractivity contribution in [3.05, 3.63) is 34.9 Å². The van der Waals surface area contributed by atoms with E-state index in [9.17, 15) is 9.59 Å². The number of carbonyl (C=O) groups excluding carboxylic acids is 1. The van der Waals surface area contributed by atoms with Crippen LogP contribution in [0.3, 0.4) is 0 Å². The summed E-state index contributed by atoms with van der Waals surface area (Å²) >= 11 is 0. The second kappa shape index (κ2) is 6.92. The summed E-state index contributed by atoms with van der Waals surface area (Å²) in [7, 11) is 0. The van der Waals surface area contributed by atoms with Gasteiger partial charge >= 0.3 is 5.97 Å². The smallest absolute Gasteiger partial charge is 0.308 e. The number of aryl methyl sites for hydroxylation is 1. The molecule has 0 saturated heterocycles. The molecule has 0 aromatic heterocycles. The lowest BCUT2D eigenvalue weighted by Gasteiger charge is -2.13. The van der Waals surface area contributed by atoms with Crippen molar-refractivity contribution in [3.63, 3.8) is 0 Å². The third kappa shape index (κ3) is 4.09. The van der Waals surface area contributed by atoms with Crippen LogP contribution in [0, 0.1) is 19.8 Å². The molecule has 1 rings (SSSR count). The summed E-state index contributed by atoms with van der Waals surface area (Å²) in [6, 6.07) is 5.54. The van der Waals surface area contributed by atoms with Gasteiger partial charge in [0, 0.05) is 12.1 Å². The van der Waals surface area contributed by atoms with Crippen molar-refractivity contribution < 1.29 is 14.7 Å². The zero-order valence-electron chi connectivity index (χ0n) is 11.7. The SMILES string of the molecule is CCCC(CNC(=O)c1cccc(C)c1C)C(=O)O. The summed E-state index contributed by atoms with van der Waals surface area (Å²) in [5.74, 6) is -1.58. The summed E-state index contributed by atoms with van der Waals surface area (Å²) in [6.07, 6.45) is 1.36. The molecular formula is C15H21NO3. The molecular weight excluding hydrogens is 242 g/mol. The quantitative estimate of drug-likeness (QED) is 0.828. The number of hydrogen-bond donors (Lipinski definition) is 2. The monoisotopic (exact) mass is 263 g/mol. The Morgan fingerprint density at radius 3 is 2.58 bits per heavy atom. The molecule has 1 amide bonds. The van der Waals surface area contributed by atoms with Gasteiger partial charge in [-0.2, -0.15) is 0 Å². The standard InChI is InChI=1S/C15H21NO3/c1-4-6-12(15(18)19)9-16-14(17)13-8-5-7-10(2)11(13)3/h5,7-8,12H,4,6,9H2,1-3H3,(H,16,17)(H,18,19). The van der Waals surface area contributed by atoms with Crippen LogP contribution in [0.1, 0.15) is 41.3 Å². The van der Waals surface area contributed by atoms with Crippen LogP contribution >= 0.6 is 0 Å². The third-order valence-corrected chi connectivity index (χ3v) is 3.34. The van der Waals surface area contributed by atoms with Gasteiger partial charge < -0.3 is 10.4 Å². The van der Waals surface area contributed by atoms with E-state index in [4.69, 9.17) is 5.11 Å². The second-order valence-electron chi connectivity index (χ2n) is 4.78. The average molecular weight is 263 g/mol.